The van der Waals surface area contributed by atoms with Gasteiger partial charge in [-0.25, -0.2) is 4.68 Å². The van der Waals surface area contributed by atoms with E-state index in [2.05, 4.69) is 46.9 Å². The highest BCUT2D eigenvalue weighted by atomic mass is 15.3. The van der Waals surface area contributed by atoms with E-state index in [1.807, 2.05) is 22.9 Å². The Hall–Kier alpha value is -2.13. The Labute approximate surface area is 124 Å². The van der Waals surface area contributed by atoms with E-state index in [0.717, 1.165) is 24.3 Å². The van der Waals surface area contributed by atoms with E-state index in [1.54, 1.807) is 0 Å². The molecule has 1 aliphatic rings. The summed E-state index contributed by atoms with van der Waals surface area (Å²) in [4.78, 5) is 0. The van der Waals surface area contributed by atoms with Crippen molar-refractivity contribution in [2.75, 3.05) is 13.1 Å². The predicted molar refractivity (Wildman–Crippen MR) is 85.9 cm³/mol. The number of benzene rings is 2. The fourth-order valence-corrected chi connectivity index (χ4v) is 3.13. The zero-order valence-corrected chi connectivity index (χ0v) is 12.0. The van der Waals surface area contributed by atoms with Crippen molar-refractivity contribution in [2.24, 2.45) is 0 Å². The number of nitrogens with zero attached hydrogens (tertiary/aromatic N) is 2. The normalized spacial score (nSPS) is 19.0. The molecule has 3 nitrogen and oxygen atoms in total. The van der Waals surface area contributed by atoms with Crippen LogP contribution in [0.1, 0.15) is 24.3 Å². The molecule has 1 fully saturated rings. The summed E-state index contributed by atoms with van der Waals surface area (Å²) in [7, 11) is 0. The van der Waals surface area contributed by atoms with Crippen molar-refractivity contribution >= 4 is 10.9 Å². The molecule has 2 aromatic carbocycles. The fraction of sp³-hybridized carbons (Fsp3) is 0.278. The molecule has 3 heteroatoms. The molecular weight excluding hydrogens is 258 g/mol. The summed E-state index contributed by atoms with van der Waals surface area (Å²) in [6.45, 7) is 2.26. The molecule has 1 N–H and O–H groups in total. The molecule has 1 aliphatic heterocycles. The third kappa shape index (κ3) is 2.45. The Kier molecular flexibility index (Phi) is 3.20. The van der Waals surface area contributed by atoms with Crippen LogP contribution in [0.25, 0.3) is 16.6 Å². The highest BCUT2D eigenvalue weighted by Crippen LogP contribution is 2.24. The van der Waals surface area contributed by atoms with Gasteiger partial charge in [-0.05, 0) is 49.1 Å². The van der Waals surface area contributed by atoms with Crippen LogP contribution in [0.2, 0.25) is 0 Å². The van der Waals surface area contributed by atoms with Gasteiger partial charge in [0.15, 0.2) is 0 Å². The minimum absolute atomic E-state index is 0.657. The van der Waals surface area contributed by atoms with E-state index in [1.165, 1.54) is 23.8 Å². The molecule has 106 valence electrons. The molecule has 1 atom stereocenters. The van der Waals surface area contributed by atoms with Gasteiger partial charge in [0, 0.05) is 18.1 Å². The molecular formula is C18H19N3. The van der Waals surface area contributed by atoms with Crippen LogP contribution in [0.3, 0.4) is 0 Å². The number of aromatic nitrogens is 2. The summed E-state index contributed by atoms with van der Waals surface area (Å²) in [5, 5.41) is 9.29. The third-order valence-electron chi connectivity index (χ3n) is 4.34. The summed E-state index contributed by atoms with van der Waals surface area (Å²) < 4.78 is 1.97. The maximum absolute atomic E-state index is 4.63. The van der Waals surface area contributed by atoms with E-state index in [4.69, 9.17) is 0 Å². The van der Waals surface area contributed by atoms with Gasteiger partial charge >= 0.3 is 0 Å². The highest BCUT2D eigenvalue weighted by Gasteiger charge is 2.14. The number of hydrogen-bond donors (Lipinski definition) is 1. The first kappa shape index (κ1) is 12.6. The standard InChI is InChI=1S/C18H19N3/c1-2-6-18-16(4-1)13-21(20-18)17-9-7-14(8-10-17)15-5-3-11-19-12-15/h1-2,4,6-10,13,15,19H,3,5,11-12H2. The van der Waals surface area contributed by atoms with Gasteiger partial charge in [0.25, 0.3) is 0 Å². The van der Waals surface area contributed by atoms with Crippen molar-refractivity contribution in [1.29, 1.82) is 0 Å². The van der Waals surface area contributed by atoms with Gasteiger partial charge in [-0.15, -0.1) is 0 Å². The molecule has 0 radical (unpaired) electrons. The van der Waals surface area contributed by atoms with Crippen molar-refractivity contribution in [1.82, 2.24) is 15.1 Å². The van der Waals surface area contributed by atoms with E-state index < -0.39 is 0 Å². The lowest BCUT2D eigenvalue weighted by Gasteiger charge is -2.23. The van der Waals surface area contributed by atoms with Crippen molar-refractivity contribution in [2.45, 2.75) is 18.8 Å². The zero-order valence-electron chi connectivity index (χ0n) is 12.0. The minimum atomic E-state index is 0.657. The molecule has 4 rings (SSSR count). The molecule has 3 aromatic rings. The highest BCUT2D eigenvalue weighted by molar-refractivity contribution is 5.78. The average Bonchev–Trinajstić information content (AvgIpc) is 3.00. The largest absolute Gasteiger partial charge is 0.316 e. The second-order valence-electron chi connectivity index (χ2n) is 5.77. The van der Waals surface area contributed by atoms with E-state index in [9.17, 15) is 0 Å². The summed E-state index contributed by atoms with van der Waals surface area (Å²) in [6, 6.07) is 17.1. The lowest BCUT2D eigenvalue weighted by molar-refractivity contribution is 0.461. The predicted octanol–water partition coefficient (Wildman–Crippen LogP) is 3.49. The molecule has 21 heavy (non-hydrogen) atoms. The van der Waals surface area contributed by atoms with Crippen LogP contribution in [-0.2, 0) is 0 Å². The van der Waals surface area contributed by atoms with Crippen LogP contribution in [0.4, 0.5) is 0 Å². The number of nitrogens with one attached hydrogen (secondary N) is 1. The quantitative estimate of drug-likeness (QED) is 0.777. The van der Waals surface area contributed by atoms with E-state index >= 15 is 0 Å². The topological polar surface area (TPSA) is 29.9 Å². The minimum Gasteiger partial charge on any atom is -0.316 e. The Morgan fingerprint density at radius 1 is 1.05 bits per heavy atom. The van der Waals surface area contributed by atoms with Crippen molar-refractivity contribution in [3.05, 3.63) is 60.3 Å². The maximum atomic E-state index is 4.63. The van der Waals surface area contributed by atoms with Crippen LogP contribution >= 0.6 is 0 Å². The van der Waals surface area contributed by atoms with Crippen molar-refractivity contribution < 1.29 is 0 Å². The van der Waals surface area contributed by atoms with Crippen molar-refractivity contribution in [3.63, 3.8) is 0 Å². The molecule has 0 saturated carbocycles. The Balaban J connectivity index is 1.63. The molecule has 0 amide bonds. The van der Waals surface area contributed by atoms with Crippen molar-refractivity contribution in [3.8, 4) is 5.69 Å². The number of hydrogen-bond acceptors (Lipinski definition) is 2. The maximum Gasteiger partial charge on any atom is 0.0927 e. The van der Waals surface area contributed by atoms with E-state index in [0.29, 0.717) is 5.92 Å². The van der Waals surface area contributed by atoms with Gasteiger partial charge in [0.05, 0.1) is 11.2 Å². The Morgan fingerprint density at radius 2 is 1.90 bits per heavy atom. The van der Waals surface area contributed by atoms with Gasteiger partial charge in [-0.3, -0.25) is 0 Å². The second-order valence-corrected chi connectivity index (χ2v) is 5.77. The van der Waals surface area contributed by atoms with Crippen LogP contribution in [0, 0.1) is 0 Å². The first-order valence-corrected chi connectivity index (χ1v) is 7.66. The van der Waals surface area contributed by atoms with Crippen LogP contribution in [-0.4, -0.2) is 22.9 Å². The summed E-state index contributed by atoms with van der Waals surface area (Å²) in [6.07, 6.45) is 4.65. The molecule has 1 unspecified atom stereocenters. The number of piperidine rings is 1. The molecule has 0 bridgehead atoms. The Bertz CT molecular complexity index is 704. The number of rotatable bonds is 2. The average molecular weight is 277 g/mol. The molecule has 0 aliphatic carbocycles. The zero-order chi connectivity index (χ0) is 14.1. The SMILES string of the molecule is c1ccc2nn(-c3ccc(C4CCCNC4)cc3)cc2c1. The van der Waals surface area contributed by atoms with Gasteiger partial charge in [0.2, 0.25) is 0 Å². The van der Waals surface area contributed by atoms with E-state index in [-0.39, 0.29) is 0 Å². The molecule has 2 heterocycles. The summed E-state index contributed by atoms with van der Waals surface area (Å²) in [5.41, 5.74) is 3.60. The summed E-state index contributed by atoms with van der Waals surface area (Å²) in [5.74, 6) is 0.657. The smallest absolute Gasteiger partial charge is 0.0927 e. The monoisotopic (exact) mass is 277 g/mol. The lowest BCUT2D eigenvalue weighted by Crippen LogP contribution is -2.28. The van der Waals surface area contributed by atoms with Crippen LogP contribution in [0.15, 0.2) is 54.7 Å². The fourth-order valence-electron chi connectivity index (χ4n) is 3.13. The molecule has 1 aromatic heterocycles. The summed E-state index contributed by atoms with van der Waals surface area (Å²) >= 11 is 0. The van der Waals surface area contributed by atoms with Gasteiger partial charge in [0.1, 0.15) is 0 Å². The number of fused-ring (bicyclic) bond motifs is 1. The molecule has 0 spiro atoms. The lowest BCUT2D eigenvalue weighted by atomic mass is 9.92. The third-order valence-corrected chi connectivity index (χ3v) is 4.34. The van der Waals surface area contributed by atoms with Gasteiger partial charge < -0.3 is 5.32 Å². The first-order chi connectivity index (χ1) is 10.4. The van der Waals surface area contributed by atoms with Crippen LogP contribution in [0.5, 0.6) is 0 Å². The van der Waals surface area contributed by atoms with Gasteiger partial charge in [-0.2, -0.15) is 5.10 Å². The van der Waals surface area contributed by atoms with Crippen LogP contribution < -0.4 is 5.32 Å². The van der Waals surface area contributed by atoms with Gasteiger partial charge in [-0.1, -0.05) is 30.3 Å². The first-order valence-electron chi connectivity index (χ1n) is 7.66. The molecule has 1 saturated heterocycles. The second kappa shape index (κ2) is 5.34. The Morgan fingerprint density at radius 3 is 2.67 bits per heavy atom.